The summed E-state index contributed by atoms with van der Waals surface area (Å²) in [7, 11) is 0. The van der Waals surface area contributed by atoms with Crippen LogP contribution in [0.4, 0.5) is 5.69 Å². The first kappa shape index (κ1) is 21.7. The molecule has 1 heterocycles. The Kier molecular flexibility index (Phi) is 7.95. The number of hydrogen-bond acceptors (Lipinski definition) is 4. The van der Waals surface area contributed by atoms with E-state index in [9.17, 15) is 4.79 Å². The van der Waals surface area contributed by atoms with Gasteiger partial charge in [-0.2, -0.15) is 0 Å². The van der Waals surface area contributed by atoms with Gasteiger partial charge in [0, 0.05) is 12.3 Å². The van der Waals surface area contributed by atoms with Crippen LogP contribution in [0.3, 0.4) is 0 Å². The van der Waals surface area contributed by atoms with E-state index in [4.69, 9.17) is 14.2 Å². The minimum absolute atomic E-state index is 0.0570. The average molecular weight is 462 g/mol. The Morgan fingerprint density at radius 1 is 1.24 bits per heavy atom. The molecule has 0 radical (unpaired) electrons. The third-order valence-electron chi connectivity index (χ3n) is 5.09. The number of anilines is 1. The van der Waals surface area contributed by atoms with Gasteiger partial charge < -0.3 is 19.5 Å². The first-order valence-electron chi connectivity index (χ1n) is 10.1. The Bertz CT molecular complexity index is 803. The second-order valence-corrected chi connectivity index (χ2v) is 8.16. The fourth-order valence-electron chi connectivity index (χ4n) is 3.12. The lowest BCUT2D eigenvalue weighted by Gasteiger charge is -2.13. The van der Waals surface area contributed by atoms with Crippen LogP contribution in [0.15, 0.2) is 46.9 Å². The zero-order valence-electron chi connectivity index (χ0n) is 16.9. The Morgan fingerprint density at radius 2 is 2.03 bits per heavy atom. The maximum absolute atomic E-state index is 12.2. The van der Waals surface area contributed by atoms with Gasteiger partial charge in [-0.05, 0) is 83.1 Å². The minimum atomic E-state index is -0.212. The number of ether oxygens (including phenoxy) is 3. The van der Waals surface area contributed by atoms with Gasteiger partial charge in [0.05, 0.1) is 10.6 Å². The van der Waals surface area contributed by atoms with Crippen LogP contribution >= 0.6 is 15.9 Å². The van der Waals surface area contributed by atoms with Crippen molar-refractivity contribution in [3.8, 4) is 11.5 Å². The van der Waals surface area contributed by atoms with Crippen molar-refractivity contribution in [1.82, 2.24) is 0 Å². The molecule has 0 saturated carbocycles. The van der Waals surface area contributed by atoms with Crippen LogP contribution < -0.4 is 14.8 Å². The molecule has 156 valence electrons. The van der Waals surface area contributed by atoms with Gasteiger partial charge in [0.1, 0.15) is 18.1 Å². The van der Waals surface area contributed by atoms with Crippen molar-refractivity contribution in [2.75, 3.05) is 25.1 Å². The molecule has 1 aliphatic heterocycles. The highest BCUT2D eigenvalue weighted by Crippen LogP contribution is 2.30. The molecule has 5 nitrogen and oxygen atoms in total. The number of amides is 1. The summed E-state index contributed by atoms with van der Waals surface area (Å²) in [6.07, 6.45) is 3.41. The quantitative estimate of drug-likeness (QED) is 0.532. The highest BCUT2D eigenvalue weighted by molar-refractivity contribution is 9.10. The molecule has 0 aromatic heterocycles. The van der Waals surface area contributed by atoms with Gasteiger partial charge >= 0.3 is 0 Å². The number of nitrogens with one attached hydrogen (secondary N) is 1. The van der Waals surface area contributed by atoms with Crippen LogP contribution in [0.1, 0.15) is 44.6 Å². The number of rotatable bonds is 9. The van der Waals surface area contributed by atoms with Gasteiger partial charge in [0.15, 0.2) is 6.61 Å². The summed E-state index contributed by atoms with van der Waals surface area (Å²) >= 11 is 3.53. The molecular formula is C23H28BrNO4. The molecule has 0 aliphatic carbocycles. The van der Waals surface area contributed by atoms with Crippen LogP contribution in [0.2, 0.25) is 0 Å². The second-order valence-electron chi connectivity index (χ2n) is 7.31. The highest BCUT2D eigenvalue weighted by atomic mass is 79.9. The molecule has 1 fully saturated rings. The molecule has 1 saturated heterocycles. The zero-order chi connectivity index (χ0) is 20.6. The molecule has 29 heavy (non-hydrogen) atoms. The lowest BCUT2D eigenvalue weighted by atomic mass is 9.99. The van der Waals surface area contributed by atoms with Crippen molar-refractivity contribution in [3.05, 3.63) is 52.5 Å². The van der Waals surface area contributed by atoms with E-state index in [1.165, 1.54) is 5.56 Å². The summed E-state index contributed by atoms with van der Waals surface area (Å²) in [6.45, 7) is 5.67. The molecule has 0 spiro atoms. The molecule has 2 unspecified atom stereocenters. The Hall–Kier alpha value is -2.05. The summed E-state index contributed by atoms with van der Waals surface area (Å²) in [4.78, 5) is 12.2. The molecule has 2 aromatic carbocycles. The van der Waals surface area contributed by atoms with E-state index in [1.807, 2.05) is 36.4 Å². The Morgan fingerprint density at radius 3 is 2.69 bits per heavy atom. The maximum Gasteiger partial charge on any atom is 0.262 e. The van der Waals surface area contributed by atoms with E-state index < -0.39 is 0 Å². The summed E-state index contributed by atoms with van der Waals surface area (Å²) in [5.41, 5.74) is 1.95. The number of carbonyl (C=O) groups excluding carboxylic acids is 1. The van der Waals surface area contributed by atoms with Crippen LogP contribution in [-0.4, -0.2) is 31.8 Å². The third kappa shape index (κ3) is 6.47. The van der Waals surface area contributed by atoms with Gasteiger partial charge in [0.2, 0.25) is 0 Å². The summed E-state index contributed by atoms with van der Waals surface area (Å²) in [6, 6.07) is 13.3. The van der Waals surface area contributed by atoms with E-state index in [-0.39, 0.29) is 18.6 Å². The molecule has 1 aliphatic rings. The van der Waals surface area contributed by atoms with Gasteiger partial charge in [-0.25, -0.2) is 0 Å². The van der Waals surface area contributed by atoms with Gasteiger partial charge in [0.25, 0.3) is 5.91 Å². The highest BCUT2D eigenvalue weighted by Gasteiger charge is 2.16. The second kappa shape index (κ2) is 10.6. The molecule has 2 aromatic rings. The third-order valence-corrected chi connectivity index (χ3v) is 5.71. The van der Waals surface area contributed by atoms with Crippen molar-refractivity contribution < 1.29 is 19.0 Å². The van der Waals surface area contributed by atoms with E-state index in [0.717, 1.165) is 36.1 Å². The van der Waals surface area contributed by atoms with E-state index >= 15 is 0 Å². The number of benzene rings is 2. The van der Waals surface area contributed by atoms with E-state index in [0.29, 0.717) is 24.0 Å². The monoisotopic (exact) mass is 461 g/mol. The standard InChI is InChI=1S/C23H28BrNO4/c1-3-16(2)17-6-11-22(21(24)13-17)29-15-23(26)25-18-7-9-19(10-8-18)28-14-20-5-4-12-27-20/h6-11,13,16,20H,3-5,12,14-15H2,1-2H3,(H,25,26). The molecule has 1 N–H and O–H groups in total. The van der Waals surface area contributed by atoms with E-state index in [1.54, 1.807) is 0 Å². The molecular weight excluding hydrogens is 434 g/mol. The van der Waals surface area contributed by atoms with Crippen LogP contribution in [-0.2, 0) is 9.53 Å². The van der Waals surface area contributed by atoms with Crippen molar-refractivity contribution in [1.29, 1.82) is 0 Å². The van der Waals surface area contributed by atoms with E-state index in [2.05, 4.69) is 41.2 Å². The van der Waals surface area contributed by atoms with Gasteiger partial charge in [-0.3, -0.25) is 4.79 Å². The largest absolute Gasteiger partial charge is 0.491 e. The Labute approximate surface area is 180 Å². The Balaban J connectivity index is 1.45. The van der Waals surface area contributed by atoms with Crippen LogP contribution in [0.25, 0.3) is 0 Å². The number of carbonyl (C=O) groups is 1. The van der Waals surface area contributed by atoms with Crippen molar-refractivity contribution >= 4 is 27.5 Å². The minimum Gasteiger partial charge on any atom is -0.491 e. The summed E-state index contributed by atoms with van der Waals surface area (Å²) < 4.78 is 17.8. The molecule has 1 amide bonds. The van der Waals surface area contributed by atoms with Gasteiger partial charge in [-0.1, -0.05) is 19.9 Å². The van der Waals surface area contributed by atoms with Crippen LogP contribution in [0, 0.1) is 0 Å². The predicted octanol–water partition coefficient (Wildman–Crippen LogP) is 5.54. The van der Waals surface area contributed by atoms with Gasteiger partial charge in [-0.15, -0.1) is 0 Å². The predicted molar refractivity (Wildman–Crippen MR) is 118 cm³/mol. The maximum atomic E-state index is 12.2. The normalized spacial score (nSPS) is 17.0. The molecule has 0 bridgehead atoms. The van der Waals surface area contributed by atoms with Crippen LogP contribution in [0.5, 0.6) is 11.5 Å². The SMILES string of the molecule is CCC(C)c1ccc(OCC(=O)Nc2ccc(OCC3CCCO3)cc2)c(Br)c1. The fraction of sp³-hybridized carbons (Fsp3) is 0.435. The first-order chi connectivity index (χ1) is 14.0. The average Bonchev–Trinajstić information content (AvgIpc) is 3.25. The summed E-state index contributed by atoms with van der Waals surface area (Å²) in [5, 5.41) is 2.84. The number of hydrogen-bond donors (Lipinski definition) is 1. The van der Waals surface area contributed by atoms with Crippen molar-refractivity contribution in [3.63, 3.8) is 0 Å². The molecule has 6 heteroatoms. The number of halogens is 1. The molecule has 3 rings (SSSR count). The van der Waals surface area contributed by atoms with Crippen molar-refractivity contribution in [2.24, 2.45) is 0 Å². The lowest BCUT2D eigenvalue weighted by molar-refractivity contribution is -0.118. The fourth-order valence-corrected chi connectivity index (χ4v) is 3.63. The zero-order valence-corrected chi connectivity index (χ0v) is 18.5. The van der Waals surface area contributed by atoms with Crippen molar-refractivity contribution in [2.45, 2.75) is 45.1 Å². The summed E-state index contributed by atoms with van der Waals surface area (Å²) in [5.74, 6) is 1.70. The topological polar surface area (TPSA) is 56.8 Å². The smallest absolute Gasteiger partial charge is 0.262 e. The molecule has 2 atom stereocenters. The lowest BCUT2D eigenvalue weighted by Crippen LogP contribution is -2.20. The first-order valence-corrected chi connectivity index (χ1v) is 10.9.